The van der Waals surface area contributed by atoms with Crippen molar-refractivity contribution in [3.8, 4) is 0 Å². The van der Waals surface area contributed by atoms with Crippen molar-refractivity contribution in [2.75, 3.05) is 0 Å². The van der Waals surface area contributed by atoms with Crippen LogP contribution < -0.4 is 0 Å². The lowest BCUT2D eigenvalue weighted by Crippen LogP contribution is -2.23. The zero-order chi connectivity index (χ0) is 19.0. The third-order valence-electron chi connectivity index (χ3n) is 4.68. The molecule has 3 aromatic rings. The fourth-order valence-electron chi connectivity index (χ4n) is 3.35. The van der Waals surface area contributed by atoms with E-state index in [1.54, 1.807) is 16.8 Å². The molecule has 0 bridgehead atoms. The monoisotopic (exact) mass is 387 g/mol. The van der Waals surface area contributed by atoms with E-state index < -0.39 is 23.3 Å². The van der Waals surface area contributed by atoms with Crippen LogP contribution in [0.15, 0.2) is 61.4 Å². The van der Waals surface area contributed by atoms with E-state index >= 15 is 0 Å². The first kappa shape index (κ1) is 17.8. The molecule has 0 saturated carbocycles. The van der Waals surface area contributed by atoms with Gasteiger partial charge in [-0.15, -0.1) is 6.58 Å². The lowest BCUT2D eigenvalue weighted by Gasteiger charge is -2.16. The van der Waals surface area contributed by atoms with Crippen LogP contribution in [0.3, 0.4) is 0 Å². The molecule has 2 aromatic carbocycles. The van der Waals surface area contributed by atoms with Crippen molar-refractivity contribution in [3.05, 3.63) is 95.1 Å². The van der Waals surface area contributed by atoms with E-state index in [0.29, 0.717) is 17.3 Å². The maximum absolute atomic E-state index is 14.6. The lowest BCUT2D eigenvalue weighted by molar-refractivity contribution is 0.254. The molecule has 1 aliphatic rings. The summed E-state index contributed by atoms with van der Waals surface area (Å²) in [6, 6.07) is 10.7. The number of rotatable bonds is 6. The van der Waals surface area contributed by atoms with Crippen molar-refractivity contribution in [2.45, 2.75) is 24.7 Å². The summed E-state index contributed by atoms with van der Waals surface area (Å²) >= 11 is 6.32. The van der Waals surface area contributed by atoms with E-state index in [4.69, 9.17) is 16.3 Å². The van der Waals surface area contributed by atoms with Crippen molar-refractivity contribution in [2.24, 2.45) is 0 Å². The Labute approximate surface area is 160 Å². The first-order valence-corrected chi connectivity index (χ1v) is 8.78. The number of hydrogen-bond donors (Lipinski definition) is 0. The molecule has 4 nitrogen and oxygen atoms in total. The number of allylic oxidation sites excluding steroid dienone is 1. The van der Waals surface area contributed by atoms with E-state index in [1.807, 2.05) is 18.2 Å². The highest BCUT2D eigenvalue weighted by molar-refractivity contribution is 6.31. The average molecular weight is 388 g/mol. The summed E-state index contributed by atoms with van der Waals surface area (Å²) in [4.78, 5) is 4.21. The minimum absolute atomic E-state index is 0.217. The predicted molar refractivity (Wildman–Crippen MR) is 97.2 cm³/mol. The molecule has 1 aliphatic heterocycles. The highest BCUT2D eigenvalue weighted by Gasteiger charge is 2.61. The molecule has 1 saturated heterocycles. The molecule has 7 heteroatoms. The SMILES string of the molecule is C=CCc1ncnn1C[C@@]1(c2ccc(F)cc2F)O[C@H]1c1ccccc1Cl. The number of aromatic nitrogens is 3. The van der Waals surface area contributed by atoms with Gasteiger partial charge in [-0.2, -0.15) is 5.10 Å². The molecule has 0 amide bonds. The van der Waals surface area contributed by atoms with Crippen molar-refractivity contribution >= 4 is 11.6 Å². The molecular formula is C20H16ClF2N3O. The smallest absolute Gasteiger partial charge is 0.147 e. The maximum Gasteiger partial charge on any atom is 0.147 e. The van der Waals surface area contributed by atoms with E-state index in [2.05, 4.69) is 16.7 Å². The molecule has 4 rings (SSSR count). The molecular weight excluding hydrogens is 372 g/mol. The third kappa shape index (κ3) is 3.15. The minimum Gasteiger partial charge on any atom is -0.354 e. The van der Waals surface area contributed by atoms with Gasteiger partial charge in [0.1, 0.15) is 35.5 Å². The molecule has 0 N–H and O–H groups in total. The Morgan fingerprint density at radius 2 is 2.07 bits per heavy atom. The third-order valence-corrected chi connectivity index (χ3v) is 5.02. The molecule has 0 radical (unpaired) electrons. The largest absolute Gasteiger partial charge is 0.354 e. The highest BCUT2D eigenvalue weighted by Crippen LogP contribution is 2.59. The van der Waals surface area contributed by atoms with Crippen LogP contribution in [0, 0.1) is 11.6 Å². The van der Waals surface area contributed by atoms with E-state index in [0.717, 1.165) is 11.6 Å². The number of epoxide rings is 1. The quantitative estimate of drug-likeness (QED) is 0.458. The molecule has 138 valence electrons. The summed E-state index contributed by atoms with van der Waals surface area (Å²) in [5.74, 6) is -0.635. The van der Waals surface area contributed by atoms with Crippen molar-refractivity contribution in [3.63, 3.8) is 0 Å². The molecule has 2 atom stereocenters. The van der Waals surface area contributed by atoms with Crippen LogP contribution in [0.25, 0.3) is 0 Å². The standard InChI is InChI=1S/C20H16ClF2N3O/c1-2-5-18-24-12-25-26(18)11-20(15-9-8-13(22)10-17(15)23)19(27-20)14-6-3-4-7-16(14)21/h2-4,6-10,12,19H,1,5,11H2/t19-,20-/m0/s1. The van der Waals surface area contributed by atoms with Gasteiger partial charge in [0.25, 0.3) is 0 Å². The van der Waals surface area contributed by atoms with Gasteiger partial charge in [-0.25, -0.2) is 18.4 Å². The van der Waals surface area contributed by atoms with Crippen LogP contribution in [0.4, 0.5) is 8.78 Å². The average Bonchev–Trinajstić information content (AvgIpc) is 3.18. The van der Waals surface area contributed by atoms with Crippen molar-refractivity contribution < 1.29 is 13.5 Å². The number of benzene rings is 2. The van der Waals surface area contributed by atoms with Gasteiger partial charge in [0.2, 0.25) is 0 Å². The summed E-state index contributed by atoms with van der Waals surface area (Å²) in [5, 5.41) is 4.76. The van der Waals surface area contributed by atoms with Crippen LogP contribution in [-0.2, 0) is 23.3 Å². The lowest BCUT2D eigenvalue weighted by atomic mass is 9.91. The van der Waals surface area contributed by atoms with E-state index in [9.17, 15) is 8.78 Å². The highest BCUT2D eigenvalue weighted by atomic mass is 35.5. The summed E-state index contributed by atoms with van der Waals surface area (Å²) in [5.41, 5.74) is -0.0472. The molecule has 1 aromatic heterocycles. The van der Waals surface area contributed by atoms with Gasteiger partial charge in [-0.05, 0) is 12.1 Å². The normalized spacial score (nSPS) is 21.2. The number of hydrogen-bond acceptors (Lipinski definition) is 3. The topological polar surface area (TPSA) is 43.2 Å². The van der Waals surface area contributed by atoms with Gasteiger partial charge in [0.05, 0.1) is 6.54 Å². The zero-order valence-electron chi connectivity index (χ0n) is 14.3. The Hall–Kier alpha value is -2.57. The Morgan fingerprint density at radius 1 is 1.26 bits per heavy atom. The van der Waals surface area contributed by atoms with Crippen LogP contribution in [0.5, 0.6) is 0 Å². The number of ether oxygens (including phenoxy) is 1. The van der Waals surface area contributed by atoms with Gasteiger partial charge < -0.3 is 4.74 Å². The summed E-state index contributed by atoms with van der Waals surface area (Å²) in [7, 11) is 0. The summed E-state index contributed by atoms with van der Waals surface area (Å²) in [6.07, 6.45) is 3.18. The van der Waals surface area contributed by atoms with Gasteiger partial charge >= 0.3 is 0 Å². The van der Waals surface area contributed by atoms with Gasteiger partial charge in [0.15, 0.2) is 0 Å². The number of nitrogens with zero attached hydrogens (tertiary/aromatic N) is 3. The van der Waals surface area contributed by atoms with Crippen LogP contribution in [0.2, 0.25) is 5.02 Å². The number of halogens is 3. The first-order chi connectivity index (χ1) is 13.0. The molecule has 0 spiro atoms. The van der Waals surface area contributed by atoms with E-state index in [1.165, 1.54) is 18.5 Å². The molecule has 27 heavy (non-hydrogen) atoms. The van der Waals surface area contributed by atoms with Crippen molar-refractivity contribution in [1.82, 2.24) is 14.8 Å². The minimum atomic E-state index is -1.05. The molecule has 0 unspecified atom stereocenters. The second-order valence-corrected chi connectivity index (χ2v) is 6.77. The zero-order valence-corrected chi connectivity index (χ0v) is 15.0. The summed E-state index contributed by atoms with van der Waals surface area (Å²) in [6.45, 7) is 3.93. The Morgan fingerprint density at radius 3 is 2.81 bits per heavy atom. The van der Waals surface area contributed by atoms with E-state index in [-0.39, 0.29) is 12.1 Å². The molecule has 1 fully saturated rings. The Balaban J connectivity index is 1.78. The van der Waals surface area contributed by atoms with Crippen LogP contribution in [-0.4, -0.2) is 14.8 Å². The van der Waals surface area contributed by atoms with Gasteiger partial charge in [0, 0.05) is 28.6 Å². The fraction of sp³-hybridized carbons (Fsp3) is 0.200. The maximum atomic E-state index is 14.6. The van der Waals surface area contributed by atoms with Gasteiger partial charge in [-0.1, -0.05) is 41.9 Å². The Kier molecular flexibility index (Phi) is 4.53. The second kappa shape index (κ2) is 6.87. The molecule has 0 aliphatic carbocycles. The molecule has 2 heterocycles. The van der Waals surface area contributed by atoms with Gasteiger partial charge in [-0.3, -0.25) is 0 Å². The second-order valence-electron chi connectivity index (χ2n) is 6.36. The Bertz CT molecular complexity index is 1010. The van der Waals surface area contributed by atoms with Crippen molar-refractivity contribution in [1.29, 1.82) is 0 Å². The fourth-order valence-corrected chi connectivity index (χ4v) is 3.59. The van der Waals surface area contributed by atoms with Crippen LogP contribution in [0.1, 0.15) is 23.1 Å². The summed E-state index contributed by atoms with van der Waals surface area (Å²) < 4.78 is 35.8. The predicted octanol–water partition coefficient (Wildman–Crippen LogP) is 4.61. The first-order valence-electron chi connectivity index (χ1n) is 8.40. The van der Waals surface area contributed by atoms with Crippen LogP contribution >= 0.6 is 11.6 Å².